The van der Waals surface area contributed by atoms with Gasteiger partial charge in [0.2, 0.25) is 0 Å². The summed E-state index contributed by atoms with van der Waals surface area (Å²) in [5.41, 5.74) is 1.40. The van der Waals surface area contributed by atoms with Crippen molar-refractivity contribution < 1.29 is 0 Å². The Morgan fingerprint density at radius 2 is 2.33 bits per heavy atom. The summed E-state index contributed by atoms with van der Waals surface area (Å²) in [6.07, 6.45) is 5.58. The van der Waals surface area contributed by atoms with Gasteiger partial charge in [-0.15, -0.1) is 0 Å². The topological polar surface area (TPSA) is 24.9 Å². The van der Waals surface area contributed by atoms with E-state index in [2.05, 4.69) is 39.0 Å². The van der Waals surface area contributed by atoms with Gasteiger partial charge in [0.15, 0.2) is 0 Å². The quantitative estimate of drug-likeness (QED) is 0.735. The number of halogens is 1. The fraction of sp³-hybridized carbons (Fsp3) is 0.444. The highest BCUT2D eigenvalue weighted by Crippen LogP contribution is 2.23. The highest BCUT2D eigenvalue weighted by atomic mass is 127. The molecule has 0 atom stereocenters. The molecule has 1 N–H and O–H groups in total. The molecule has 1 aliphatic rings. The highest BCUT2D eigenvalue weighted by molar-refractivity contribution is 14.1. The van der Waals surface area contributed by atoms with Crippen LogP contribution in [0.2, 0.25) is 0 Å². The Kier molecular flexibility index (Phi) is 2.48. The van der Waals surface area contributed by atoms with Crippen LogP contribution < -0.4 is 5.32 Å². The lowest BCUT2D eigenvalue weighted by atomic mass is 10.1. The lowest BCUT2D eigenvalue weighted by Crippen LogP contribution is -2.02. The Morgan fingerprint density at radius 1 is 1.42 bits per heavy atom. The van der Waals surface area contributed by atoms with E-state index >= 15 is 0 Å². The number of hydrogen-bond acceptors (Lipinski definition) is 2. The Morgan fingerprint density at radius 3 is 3.25 bits per heavy atom. The molecule has 0 aliphatic carbocycles. The van der Waals surface area contributed by atoms with Crippen molar-refractivity contribution in [2.45, 2.75) is 19.3 Å². The molecule has 0 bridgehead atoms. The van der Waals surface area contributed by atoms with Crippen LogP contribution in [0.5, 0.6) is 0 Å². The standard InChI is InChI=1S/C9H11IN2/c10-8-4-6-12-9-7(8)3-1-2-5-11-9/h4,6H,1-3,5H2,(H,11,12). The van der Waals surface area contributed by atoms with E-state index in [9.17, 15) is 0 Å². The van der Waals surface area contributed by atoms with E-state index < -0.39 is 0 Å². The Balaban J connectivity index is 2.42. The van der Waals surface area contributed by atoms with Gasteiger partial charge in [-0.05, 0) is 47.9 Å². The zero-order valence-corrected chi connectivity index (χ0v) is 8.97. The van der Waals surface area contributed by atoms with Crippen molar-refractivity contribution in [1.82, 2.24) is 4.98 Å². The molecule has 2 heterocycles. The summed E-state index contributed by atoms with van der Waals surface area (Å²) < 4.78 is 1.34. The third kappa shape index (κ3) is 1.55. The largest absolute Gasteiger partial charge is 0.370 e. The predicted molar refractivity (Wildman–Crippen MR) is 58.4 cm³/mol. The van der Waals surface area contributed by atoms with Crippen LogP contribution in [0.4, 0.5) is 5.82 Å². The van der Waals surface area contributed by atoms with Gasteiger partial charge in [0.25, 0.3) is 0 Å². The molecule has 1 aromatic rings. The first-order chi connectivity index (χ1) is 5.88. The van der Waals surface area contributed by atoms with Crippen molar-refractivity contribution in [3.63, 3.8) is 0 Å². The molecule has 1 aromatic heterocycles. The average molecular weight is 274 g/mol. The second kappa shape index (κ2) is 3.60. The maximum absolute atomic E-state index is 4.32. The van der Waals surface area contributed by atoms with Crippen molar-refractivity contribution in [3.8, 4) is 0 Å². The maximum atomic E-state index is 4.32. The van der Waals surface area contributed by atoms with Crippen molar-refractivity contribution in [2.24, 2.45) is 0 Å². The molecule has 0 saturated carbocycles. The molecule has 12 heavy (non-hydrogen) atoms. The molecule has 0 amide bonds. The van der Waals surface area contributed by atoms with Crippen molar-refractivity contribution >= 4 is 28.4 Å². The minimum atomic E-state index is 1.07. The number of nitrogens with one attached hydrogen (secondary N) is 1. The summed E-state index contributed by atoms with van der Waals surface area (Å²) in [7, 11) is 0. The summed E-state index contributed by atoms with van der Waals surface area (Å²) in [5, 5.41) is 3.35. The molecule has 2 nitrogen and oxygen atoms in total. The first-order valence-electron chi connectivity index (χ1n) is 4.25. The zero-order valence-electron chi connectivity index (χ0n) is 6.81. The van der Waals surface area contributed by atoms with Crippen LogP contribution in [0.15, 0.2) is 12.3 Å². The molecule has 1 aliphatic heterocycles. The lowest BCUT2D eigenvalue weighted by Gasteiger charge is -2.06. The second-order valence-corrected chi connectivity index (χ2v) is 4.17. The van der Waals surface area contributed by atoms with E-state index in [1.165, 1.54) is 28.4 Å². The lowest BCUT2D eigenvalue weighted by molar-refractivity contribution is 0.784. The van der Waals surface area contributed by atoms with E-state index in [1.54, 1.807) is 0 Å². The van der Waals surface area contributed by atoms with Gasteiger partial charge in [-0.3, -0.25) is 0 Å². The molecule has 64 valence electrons. The maximum Gasteiger partial charge on any atom is 0.130 e. The normalized spacial score (nSPS) is 16.1. The summed E-state index contributed by atoms with van der Waals surface area (Å²) in [6, 6.07) is 2.08. The zero-order chi connectivity index (χ0) is 8.39. The van der Waals surface area contributed by atoms with Crippen LogP contribution in [-0.4, -0.2) is 11.5 Å². The van der Waals surface area contributed by atoms with Crippen LogP contribution in [0.25, 0.3) is 0 Å². The minimum absolute atomic E-state index is 1.07. The number of nitrogens with zero attached hydrogens (tertiary/aromatic N) is 1. The number of rotatable bonds is 0. The van der Waals surface area contributed by atoms with Crippen molar-refractivity contribution in [2.75, 3.05) is 11.9 Å². The summed E-state index contributed by atoms with van der Waals surface area (Å²) in [6.45, 7) is 1.07. The van der Waals surface area contributed by atoms with Gasteiger partial charge in [0.1, 0.15) is 5.82 Å². The van der Waals surface area contributed by atoms with Gasteiger partial charge in [0, 0.05) is 21.9 Å². The Labute approximate surface area is 85.9 Å². The van der Waals surface area contributed by atoms with Gasteiger partial charge in [-0.1, -0.05) is 0 Å². The molecule has 0 radical (unpaired) electrons. The van der Waals surface area contributed by atoms with E-state index in [4.69, 9.17) is 0 Å². The number of aromatic nitrogens is 1. The number of anilines is 1. The second-order valence-electron chi connectivity index (χ2n) is 3.00. The summed E-state index contributed by atoms with van der Waals surface area (Å²) in [5.74, 6) is 1.10. The average Bonchev–Trinajstić information content (AvgIpc) is 2.30. The fourth-order valence-corrected chi connectivity index (χ4v) is 2.18. The molecule has 0 saturated heterocycles. The van der Waals surface area contributed by atoms with Crippen molar-refractivity contribution in [1.29, 1.82) is 0 Å². The third-order valence-corrected chi connectivity index (χ3v) is 3.16. The summed E-state index contributed by atoms with van der Waals surface area (Å²) >= 11 is 2.38. The van der Waals surface area contributed by atoms with Gasteiger partial charge in [-0.25, -0.2) is 4.98 Å². The van der Waals surface area contributed by atoms with Crippen LogP contribution in [-0.2, 0) is 6.42 Å². The molecular weight excluding hydrogens is 263 g/mol. The van der Waals surface area contributed by atoms with Gasteiger partial charge < -0.3 is 5.32 Å². The molecule has 0 fully saturated rings. The monoisotopic (exact) mass is 274 g/mol. The van der Waals surface area contributed by atoms with E-state index in [-0.39, 0.29) is 0 Å². The smallest absolute Gasteiger partial charge is 0.130 e. The van der Waals surface area contributed by atoms with Gasteiger partial charge >= 0.3 is 0 Å². The Bertz CT molecular complexity index is 286. The van der Waals surface area contributed by atoms with Crippen LogP contribution in [0.1, 0.15) is 18.4 Å². The SMILES string of the molecule is Ic1ccnc2c1CCCCN2. The van der Waals surface area contributed by atoms with Gasteiger partial charge in [0.05, 0.1) is 0 Å². The predicted octanol–water partition coefficient (Wildman–Crippen LogP) is 2.43. The van der Waals surface area contributed by atoms with Crippen LogP contribution in [0.3, 0.4) is 0 Å². The van der Waals surface area contributed by atoms with E-state index in [1.807, 2.05) is 6.20 Å². The highest BCUT2D eigenvalue weighted by Gasteiger charge is 2.10. The first-order valence-corrected chi connectivity index (χ1v) is 5.33. The molecule has 0 unspecified atom stereocenters. The molecule has 0 spiro atoms. The van der Waals surface area contributed by atoms with Crippen LogP contribution in [0, 0.1) is 3.57 Å². The van der Waals surface area contributed by atoms with E-state index in [0.29, 0.717) is 0 Å². The minimum Gasteiger partial charge on any atom is -0.370 e. The van der Waals surface area contributed by atoms with E-state index in [0.717, 1.165) is 12.4 Å². The fourth-order valence-electron chi connectivity index (χ4n) is 1.49. The van der Waals surface area contributed by atoms with Gasteiger partial charge in [-0.2, -0.15) is 0 Å². The number of fused-ring (bicyclic) bond motifs is 1. The molecule has 0 aromatic carbocycles. The molecule has 2 rings (SSSR count). The Hall–Kier alpha value is -0.320. The first kappa shape index (κ1) is 8.29. The molecular formula is C9H11IN2. The number of hydrogen-bond donors (Lipinski definition) is 1. The molecule has 3 heteroatoms. The van der Waals surface area contributed by atoms with Crippen LogP contribution >= 0.6 is 22.6 Å². The van der Waals surface area contributed by atoms with Crippen molar-refractivity contribution in [3.05, 3.63) is 21.4 Å². The third-order valence-electron chi connectivity index (χ3n) is 2.14. The number of pyridine rings is 1. The summed E-state index contributed by atoms with van der Waals surface area (Å²) in [4.78, 5) is 4.32.